The lowest BCUT2D eigenvalue weighted by Crippen LogP contribution is -2.25. The molecule has 0 spiro atoms. The molecule has 1 atom stereocenters. The number of alkyl halides is 1. The minimum absolute atomic E-state index is 0.596. The smallest absolute Gasteiger partial charge is 0.329 e. The third kappa shape index (κ3) is 1.59. The zero-order chi connectivity index (χ0) is 9.19. The predicted molar refractivity (Wildman–Crippen MR) is 47.3 cm³/mol. The van der Waals surface area contributed by atoms with Crippen LogP contribution in [0.4, 0.5) is 0 Å². The molecular weight excluding hydrogens is 176 g/mol. The van der Waals surface area contributed by atoms with Crippen LogP contribution in [-0.2, 0) is 9.67 Å². The van der Waals surface area contributed by atoms with Crippen molar-refractivity contribution in [3.8, 4) is 0 Å². The molecule has 12 heavy (non-hydrogen) atoms. The number of carboxylic acid groups (broad SMARTS) is 1. The highest BCUT2D eigenvalue weighted by Gasteiger charge is 2.31. The molecule has 0 unspecified atom stereocenters. The molecule has 1 aromatic rings. The van der Waals surface area contributed by atoms with E-state index in [1.54, 1.807) is 24.3 Å². The fourth-order valence-electron chi connectivity index (χ4n) is 0.875. The van der Waals surface area contributed by atoms with Crippen LogP contribution >= 0.6 is 11.6 Å². The van der Waals surface area contributed by atoms with Crippen LogP contribution in [0.1, 0.15) is 12.5 Å². The first-order chi connectivity index (χ1) is 5.55. The number of hydrogen-bond donors (Lipinski definition) is 1. The minimum atomic E-state index is -1.32. The van der Waals surface area contributed by atoms with Crippen LogP contribution in [0.3, 0.4) is 0 Å². The quantitative estimate of drug-likeness (QED) is 0.716. The summed E-state index contributed by atoms with van der Waals surface area (Å²) in [6, 6.07) is 8.73. The van der Waals surface area contributed by atoms with Crippen molar-refractivity contribution in [2.45, 2.75) is 11.8 Å². The highest BCUT2D eigenvalue weighted by molar-refractivity contribution is 6.33. The molecule has 0 aliphatic heterocycles. The molecule has 1 N–H and O–H groups in total. The zero-order valence-corrected chi connectivity index (χ0v) is 7.38. The van der Waals surface area contributed by atoms with Gasteiger partial charge in [-0.25, -0.2) is 4.79 Å². The van der Waals surface area contributed by atoms with Gasteiger partial charge < -0.3 is 5.11 Å². The van der Waals surface area contributed by atoms with Crippen molar-refractivity contribution >= 4 is 17.6 Å². The Balaban J connectivity index is 3.06. The van der Waals surface area contributed by atoms with Gasteiger partial charge in [0.25, 0.3) is 0 Å². The van der Waals surface area contributed by atoms with E-state index in [1.165, 1.54) is 6.92 Å². The van der Waals surface area contributed by atoms with Crippen molar-refractivity contribution in [2.24, 2.45) is 0 Å². The lowest BCUT2D eigenvalue weighted by Gasteiger charge is -2.16. The largest absolute Gasteiger partial charge is 0.480 e. The van der Waals surface area contributed by atoms with Gasteiger partial charge in [-0.1, -0.05) is 30.3 Å². The first-order valence-corrected chi connectivity index (χ1v) is 3.91. The second-order valence-corrected chi connectivity index (χ2v) is 3.43. The molecule has 0 radical (unpaired) electrons. The highest BCUT2D eigenvalue weighted by atomic mass is 35.5. The van der Waals surface area contributed by atoms with Crippen molar-refractivity contribution in [2.75, 3.05) is 0 Å². The highest BCUT2D eigenvalue weighted by Crippen LogP contribution is 2.28. The number of aliphatic carboxylic acids is 1. The molecule has 0 bridgehead atoms. The summed E-state index contributed by atoms with van der Waals surface area (Å²) in [5, 5.41) is 8.76. The number of hydrogen-bond acceptors (Lipinski definition) is 1. The molecular formula is C9H9ClO2. The van der Waals surface area contributed by atoms with Gasteiger partial charge >= 0.3 is 5.97 Å². The van der Waals surface area contributed by atoms with Crippen LogP contribution in [0, 0.1) is 0 Å². The van der Waals surface area contributed by atoms with E-state index >= 15 is 0 Å². The number of halogens is 1. The first-order valence-electron chi connectivity index (χ1n) is 3.53. The molecule has 0 fully saturated rings. The van der Waals surface area contributed by atoms with Gasteiger partial charge in [-0.2, -0.15) is 0 Å². The molecule has 0 heterocycles. The summed E-state index contributed by atoms with van der Waals surface area (Å²) in [4.78, 5) is 9.37. The van der Waals surface area contributed by atoms with E-state index in [4.69, 9.17) is 16.7 Å². The summed E-state index contributed by atoms with van der Waals surface area (Å²) in [5.41, 5.74) is 0.596. The van der Waals surface area contributed by atoms with E-state index in [-0.39, 0.29) is 0 Å². The molecule has 0 amide bonds. The summed E-state index contributed by atoms with van der Waals surface area (Å²) in [5.74, 6) is -1.03. The molecule has 64 valence electrons. The Labute approximate surface area is 75.8 Å². The van der Waals surface area contributed by atoms with Crippen molar-refractivity contribution in [3.63, 3.8) is 0 Å². The Hall–Kier alpha value is -1.02. The second kappa shape index (κ2) is 3.15. The van der Waals surface area contributed by atoms with E-state index in [0.29, 0.717) is 5.56 Å². The van der Waals surface area contributed by atoms with Gasteiger partial charge in [-0.15, -0.1) is 11.6 Å². The van der Waals surface area contributed by atoms with Gasteiger partial charge in [0.05, 0.1) is 0 Å². The third-order valence-corrected chi connectivity index (χ3v) is 2.10. The summed E-state index contributed by atoms with van der Waals surface area (Å²) >= 11 is 5.80. The summed E-state index contributed by atoms with van der Waals surface area (Å²) < 4.78 is 0. The van der Waals surface area contributed by atoms with Crippen LogP contribution in [0.25, 0.3) is 0 Å². The van der Waals surface area contributed by atoms with Crippen LogP contribution in [0.5, 0.6) is 0 Å². The molecule has 0 aliphatic rings. The number of carbonyl (C=O) groups is 1. The zero-order valence-electron chi connectivity index (χ0n) is 6.62. The molecule has 0 saturated heterocycles. The fraction of sp³-hybridized carbons (Fsp3) is 0.222. The Morgan fingerprint density at radius 2 is 1.92 bits per heavy atom. The molecule has 2 nitrogen and oxygen atoms in total. The second-order valence-electron chi connectivity index (χ2n) is 2.67. The Kier molecular flexibility index (Phi) is 2.38. The van der Waals surface area contributed by atoms with Crippen LogP contribution < -0.4 is 0 Å². The Morgan fingerprint density at radius 3 is 2.33 bits per heavy atom. The standard InChI is InChI=1S/C9H9ClO2/c1-9(10,8(11)12)7-5-3-2-4-6-7/h2-6H,1H3,(H,11,12)/t9-/m1/s1. The van der Waals surface area contributed by atoms with Crippen molar-refractivity contribution in [1.82, 2.24) is 0 Å². The Bertz CT molecular complexity index is 280. The molecule has 3 heteroatoms. The van der Waals surface area contributed by atoms with E-state index in [2.05, 4.69) is 0 Å². The van der Waals surface area contributed by atoms with Crippen molar-refractivity contribution in [1.29, 1.82) is 0 Å². The summed E-state index contributed by atoms with van der Waals surface area (Å²) in [6.07, 6.45) is 0. The molecule has 0 aromatic heterocycles. The van der Waals surface area contributed by atoms with Gasteiger partial charge in [0.1, 0.15) is 0 Å². The predicted octanol–water partition coefficient (Wildman–Crippen LogP) is 2.23. The van der Waals surface area contributed by atoms with E-state index in [9.17, 15) is 4.79 Å². The molecule has 0 aliphatic carbocycles. The average molecular weight is 185 g/mol. The van der Waals surface area contributed by atoms with E-state index < -0.39 is 10.8 Å². The van der Waals surface area contributed by atoms with Gasteiger partial charge in [0.15, 0.2) is 4.87 Å². The molecule has 0 saturated carbocycles. The number of benzene rings is 1. The monoisotopic (exact) mass is 184 g/mol. The lowest BCUT2D eigenvalue weighted by molar-refractivity contribution is -0.139. The number of carboxylic acids is 1. The number of rotatable bonds is 2. The minimum Gasteiger partial charge on any atom is -0.480 e. The SMILES string of the molecule is C[C@](Cl)(C(=O)O)c1ccccc1. The maximum absolute atomic E-state index is 10.7. The van der Waals surface area contributed by atoms with E-state index in [1.807, 2.05) is 6.07 Å². The van der Waals surface area contributed by atoms with Crippen molar-refractivity contribution in [3.05, 3.63) is 35.9 Å². The van der Waals surface area contributed by atoms with Gasteiger partial charge in [-0.3, -0.25) is 0 Å². The molecule has 1 aromatic carbocycles. The summed E-state index contributed by atoms with van der Waals surface area (Å²) in [7, 11) is 0. The lowest BCUT2D eigenvalue weighted by atomic mass is 10.0. The maximum Gasteiger partial charge on any atom is 0.329 e. The van der Waals surface area contributed by atoms with Crippen LogP contribution in [0.2, 0.25) is 0 Å². The van der Waals surface area contributed by atoms with Gasteiger partial charge in [0, 0.05) is 0 Å². The fourth-order valence-corrected chi connectivity index (χ4v) is 1.00. The average Bonchev–Trinajstić information content (AvgIpc) is 2.06. The third-order valence-electron chi connectivity index (χ3n) is 1.72. The van der Waals surface area contributed by atoms with Crippen molar-refractivity contribution < 1.29 is 9.90 Å². The molecule has 1 rings (SSSR count). The first kappa shape index (κ1) is 9.07. The van der Waals surface area contributed by atoms with Gasteiger partial charge in [-0.05, 0) is 12.5 Å². The Morgan fingerprint density at radius 1 is 1.42 bits per heavy atom. The topological polar surface area (TPSA) is 37.3 Å². The van der Waals surface area contributed by atoms with Crippen LogP contribution in [-0.4, -0.2) is 11.1 Å². The summed E-state index contributed by atoms with van der Waals surface area (Å²) in [6.45, 7) is 1.46. The van der Waals surface area contributed by atoms with E-state index in [0.717, 1.165) is 0 Å². The van der Waals surface area contributed by atoms with Crippen LogP contribution in [0.15, 0.2) is 30.3 Å². The maximum atomic E-state index is 10.7. The normalized spacial score (nSPS) is 15.2. The van der Waals surface area contributed by atoms with Gasteiger partial charge in [0.2, 0.25) is 0 Å².